The van der Waals surface area contributed by atoms with E-state index < -0.39 is 0 Å². The van der Waals surface area contributed by atoms with Gasteiger partial charge in [0.05, 0.1) is 44.1 Å². The number of hydrogen-bond donors (Lipinski definition) is 0. The molecule has 0 aliphatic rings. The highest BCUT2D eigenvalue weighted by atomic mass is 16.3. The molecule has 25 aromatic rings. The van der Waals surface area contributed by atoms with Gasteiger partial charge >= 0.3 is 0 Å². The quantitative estimate of drug-likeness (QED) is 0.137. The average Bonchev–Trinajstić information content (AvgIpc) is 1.59. The number of benzene rings is 18. The summed E-state index contributed by atoms with van der Waals surface area (Å²) in [4.78, 5) is 0. The lowest BCUT2D eigenvalue weighted by molar-refractivity contribution is 0.594. The first kappa shape index (κ1) is 90.7. The average molecular weight is 1790 g/mol. The third-order valence-corrected chi connectivity index (χ3v) is 26.9. The summed E-state index contributed by atoms with van der Waals surface area (Å²) >= 11 is 0. The fraction of sp³-hybridized carbons (Fsp3) is 0.169. The van der Waals surface area contributed by atoms with Gasteiger partial charge in [-0.2, -0.15) is 0 Å². The minimum atomic E-state index is 0.0976. The molecule has 0 saturated carbocycles. The van der Waals surface area contributed by atoms with Crippen LogP contribution in [0, 0.1) is 0 Å². The SMILES string of the molecule is CC(C)(C)c1cccc2c3ccccc3n(-c3ccccc3)c12.CC(C)c1ccc2c(c1)c1ccccc1n2-c1ccccc1.CC(C)c1ccc2c(c1)oc1ccccc12.CC(C)c1ccc2c3ccccc3n(-c3ccccc3)c2c1.CC(C)c1ccc2oc3ccccc3c2c1.CC(C)c1cccc2c1c1ccccc1n2-c1ccccc1.CC(C)n1c2ccccc2c2ccccc21. The van der Waals surface area contributed by atoms with Crippen molar-refractivity contribution in [1.29, 1.82) is 0 Å². The minimum absolute atomic E-state index is 0.0976. The Morgan fingerprint density at radius 3 is 0.993 bits per heavy atom. The van der Waals surface area contributed by atoms with Gasteiger partial charge in [0.1, 0.15) is 22.3 Å². The van der Waals surface area contributed by atoms with Crippen LogP contribution in [0.15, 0.2) is 433 Å². The number of fused-ring (bicyclic) bond motifs is 21. The van der Waals surface area contributed by atoms with Crippen LogP contribution >= 0.6 is 0 Å². The number of para-hydroxylation sites is 13. The van der Waals surface area contributed by atoms with Crippen molar-refractivity contribution in [1.82, 2.24) is 22.8 Å². The third-order valence-electron chi connectivity index (χ3n) is 26.9. The van der Waals surface area contributed by atoms with Gasteiger partial charge in [-0.25, -0.2) is 0 Å². The van der Waals surface area contributed by atoms with Crippen molar-refractivity contribution in [2.45, 2.75) is 145 Å². The van der Waals surface area contributed by atoms with Gasteiger partial charge in [0.2, 0.25) is 0 Å². The first-order chi connectivity index (χ1) is 66.6. The topological polar surface area (TPSA) is 50.9 Å². The molecule has 7 heterocycles. The predicted molar refractivity (Wildman–Crippen MR) is 590 cm³/mol. The van der Waals surface area contributed by atoms with Gasteiger partial charge in [-0.1, -0.05) is 375 Å². The van der Waals surface area contributed by atoms with Gasteiger partial charge in [-0.05, 0) is 222 Å². The zero-order valence-corrected chi connectivity index (χ0v) is 81.4. The van der Waals surface area contributed by atoms with Crippen molar-refractivity contribution in [3.05, 3.63) is 458 Å². The van der Waals surface area contributed by atoms with Gasteiger partial charge in [0.25, 0.3) is 0 Å². The summed E-state index contributed by atoms with van der Waals surface area (Å²) < 4.78 is 23.5. The first-order valence-electron chi connectivity index (χ1n) is 48.8. The van der Waals surface area contributed by atoms with E-state index in [2.05, 4.69) is 521 Å². The lowest BCUT2D eigenvalue weighted by Crippen LogP contribution is -2.13. The van der Waals surface area contributed by atoms with Crippen LogP contribution in [0.25, 0.3) is 176 Å². The molecule has 7 nitrogen and oxygen atoms in total. The molecule has 25 rings (SSSR count). The number of nitrogens with zero attached hydrogens (tertiary/aromatic N) is 5. The van der Waals surface area contributed by atoms with Gasteiger partial charge in [-0.3, -0.25) is 0 Å². The standard InChI is InChI=1S/C22H21N.3C21H19N.C15H15N.2C15H14O/c1-22(2,3)19-14-9-13-18-17-12-7-8-15-20(17)23(21(18)19)16-10-5-4-6-11-16;1-15(2)17-12-8-14-20-21(17)18-11-6-7-13-19(18)22(20)16-9-4-3-5-10-16;1-15(2)16-12-13-21-19(14-16)18-10-6-7-11-20(18)22(21)17-8-4-3-5-9-17;1-15(2)16-12-13-19-18-10-6-7-11-20(18)22(21(19)14-16)17-8-4-3-5-9-17;1-11(2)16-14-9-5-3-7-12(14)13-8-4-6-10-15(13)16;1-10(2)11-7-8-15-13(9-11)12-5-3-4-6-14(12)16-15;1-10(2)11-7-8-13-12-5-3-4-6-14(12)16-15(13)9-11/h4-15H,1-3H3;3*3-15H,1-2H3;3-11H,1-2H3;2*3-10H,1-2H3. The van der Waals surface area contributed by atoms with Crippen LogP contribution in [0.2, 0.25) is 0 Å². The predicted octanol–water partition coefficient (Wildman–Crippen LogP) is 37.6. The minimum Gasteiger partial charge on any atom is -0.456 e. The monoisotopic (exact) mass is 1780 g/mol. The highest BCUT2D eigenvalue weighted by Gasteiger charge is 2.25. The van der Waals surface area contributed by atoms with E-state index in [0.717, 1.165) is 22.3 Å². The molecule has 678 valence electrons. The molecule has 0 amide bonds. The number of hydrogen-bond acceptors (Lipinski definition) is 2. The summed E-state index contributed by atoms with van der Waals surface area (Å²) in [5.41, 5.74) is 30.1. The molecule has 7 aromatic heterocycles. The van der Waals surface area contributed by atoms with Crippen LogP contribution in [0.4, 0.5) is 0 Å². The molecule has 7 heteroatoms. The van der Waals surface area contributed by atoms with E-state index >= 15 is 0 Å². The molecule has 0 aliphatic heterocycles. The van der Waals surface area contributed by atoms with E-state index in [1.54, 1.807) is 0 Å². The molecular formula is C130H121N5O2. The second kappa shape index (κ2) is 39.2. The third kappa shape index (κ3) is 18.0. The normalized spacial score (nSPS) is 11.7. The highest BCUT2D eigenvalue weighted by molar-refractivity contribution is 6.15. The Bertz CT molecular complexity index is 8460. The molecule has 0 spiro atoms. The van der Waals surface area contributed by atoms with Crippen molar-refractivity contribution in [2.75, 3.05) is 0 Å². The summed E-state index contributed by atoms with van der Waals surface area (Å²) in [7, 11) is 0. The second-order valence-corrected chi connectivity index (χ2v) is 39.0. The van der Waals surface area contributed by atoms with Crippen LogP contribution in [0.3, 0.4) is 0 Å². The van der Waals surface area contributed by atoms with Crippen LogP contribution in [0.1, 0.15) is 173 Å². The summed E-state index contributed by atoms with van der Waals surface area (Å²) in [6.45, 7) is 33.7. The largest absolute Gasteiger partial charge is 0.456 e. The van der Waals surface area contributed by atoms with Crippen molar-refractivity contribution >= 4 is 153 Å². The maximum Gasteiger partial charge on any atom is 0.135 e. The van der Waals surface area contributed by atoms with Gasteiger partial charge < -0.3 is 31.7 Å². The Labute approximate surface area is 804 Å². The lowest BCUT2D eigenvalue weighted by atomic mass is 9.85. The molecule has 18 aromatic carbocycles. The zero-order chi connectivity index (χ0) is 94.7. The molecule has 137 heavy (non-hydrogen) atoms. The van der Waals surface area contributed by atoms with Gasteiger partial charge in [0.15, 0.2) is 0 Å². The van der Waals surface area contributed by atoms with Crippen molar-refractivity contribution in [3.63, 3.8) is 0 Å². The lowest BCUT2D eigenvalue weighted by Gasteiger charge is -2.22. The molecule has 0 fully saturated rings. The van der Waals surface area contributed by atoms with Crippen LogP contribution in [-0.4, -0.2) is 22.8 Å². The van der Waals surface area contributed by atoms with Crippen molar-refractivity contribution in [3.8, 4) is 22.7 Å². The van der Waals surface area contributed by atoms with Gasteiger partial charge in [0, 0.05) is 115 Å². The number of furan rings is 2. The Kier molecular flexibility index (Phi) is 26.0. The zero-order valence-electron chi connectivity index (χ0n) is 81.4. The second-order valence-electron chi connectivity index (χ2n) is 39.0. The van der Waals surface area contributed by atoms with E-state index in [4.69, 9.17) is 8.83 Å². The summed E-state index contributed by atoms with van der Waals surface area (Å²) in [6, 6.07) is 151. The first-order valence-corrected chi connectivity index (χ1v) is 48.8. The number of aromatic nitrogens is 5. The molecule has 0 bridgehead atoms. The van der Waals surface area contributed by atoms with Gasteiger partial charge in [-0.15, -0.1) is 0 Å². The van der Waals surface area contributed by atoms with Crippen LogP contribution < -0.4 is 0 Å². The van der Waals surface area contributed by atoms with E-state index in [-0.39, 0.29) is 5.41 Å². The fourth-order valence-corrected chi connectivity index (χ4v) is 20.0. The maximum absolute atomic E-state index is 5.84. The maximum atomic E-state index is 5.84. The Hall–Kier alpha value is -15.4. The molecular weight excluding hydrogens is 1660 g/mol. The van der Waals surface area contributed by atoms with E-state index in [1.165, 1.54) is 187 Å². The summed E-state index contributed by atoms with van der Waals surface area (Å²) in [5.74, 6) is 2.68. The Morgan fingerprint density at radius 2 is 0.504 bits per heavy atom. The molecule has 0 radical (unpaired) electrons. The summed E-state index contributed by atoms with van der Waals surface area (Å²) in [5, 5.41) is 18.2. The Balaban J connectivity index is 0.000000103. The molecule has 0 aliphatic carbocycles. The van der Waals surface area contributed by atoms with Crippen molar-refractivity contribution in [2.24, 2.45) is 0 Å². The van der Waals surface area contributed by atoms with Crippen LogP contribution in [-0.2, 0) is 5.41 Å². The highest BCUT2D eigenvalue weighted by Crippen LogP contribution is 2.43. The van der Waals surface area contributed by atoms with Crippen LogP contribution in [0.5, 0.6) is 0 Å². The molecule has 0 unspecified atom stereocenters. The van der Waals surface area contributed by atoms with E-state index in [9.17, 15) is 0 Å². The molecule has 0 saturated heterocycles. The van der Waals surface area contributed by atoms with Crippen molar-refractivity contribution < 1.29 is 8.83 Å². The Morgan fingerprint density at radius 1 is 0.197 bits per heavy atom. The smallest absolute Gasteiger partial charge is 0.135 e. The van der Waals surface area contributed by atoms with E-state index in [1.807, 2.05) is 30.3 Å². The van der Waals surface area contributed by atoms with E-state index in [0.29, 0.717) is 35.6 Å². The summed E-state index contributed by atoms with van der Waals surface area (Å²) in [6.07, 6.45) is 0. The molecule has 0 N–H and O–H groups in total. The fourth-order valence-electron chi connectivity index (χ4n) is 20.0. The number of rotatable bonds is 10. The molecule has 0 atom stereocenters.